The van der Waals surface area contributed by atoms with E-state index < -0.39 is 0 Å². The quantitative estimate of drug-likeness (QED) is 0.308. The molecule has 2 aromatic carbocycles. The summed E-state index contributed by atoms with van der Waals surface area (Å²) in [5.74, 6) is 0.701. The molecule has 2 aliphatic rings. The average molecular weight is 493 g/mol. The molecule has 3 heterocycles. The smallest absolute Gasteiger partial charge is 0.218 e. The predicted molar refractivity (Wildman–Crippen MR) is 137 cm³/mol. The maximum atomic E-state index is 6.59. The summed E-state index contributed by atoms with van der Waals surface area (Å²) in [4.78, 5) is 7.26. The summed E-state index contributed by atoms with van der Waals surface area (Å²) in [5, 5.41) is 6.29. The van der Waals surface area contributed by atoms with Gasteiger partial charge in [0.1, 0.15) is 11.8 Å². The Kier molecular flexibility index (Phi) is 5.94. The highest BCUT2D eigenvalue weighted by Gasteiger charge is 2.35. The van der Waals surface area contributed by atoms with Crippen molar-refractivity contribution in [3.63, 3.8) is 0 Å². The first-order chi connectivity index (χ1) is 16.7. The number of nitrogens with zero attached hydrogens (tertiary/aromatic N) is 4. The van der Waals surface area contributed by atoms with Gasteiger partial charge in [-0.05, 0) is 36.6 Å². The molecule has 7 heteroatoms. The SMILES string of the molecule is Clc1ccc(-c2c(-c3ccccc3Cl)nn3c(OC4CN(C5CCCCC5)C4)ccnc23)cc1. The van der Waals surface area contributed by atoms with Gasteiger partial charge >= 0.3 is 0 Å². The summed E-state index contributed by atoms with van der Waals surface area (Å²) in [6.07, 6.45) is 8.67. The maximum Gasteiger partial charge on any atom is 0.218 e. The molecule has 0 amide bonds. The first-order valence-electron chi connectivity index (χ1n) is 12.0. The number of hydrogen-bond acceptors (Lipinski definition) is 4. The molecular weight excluding hydrogens is 467 g/mol. The molecule has 0 radical (unpaired) electrons. The molecule has 0 unspecified atom stereocenters. The van der Waals surface area contributed by atoms with Crippen molar-refractivity contribution in [2.45, 2.75) is 44.2 Å². The van der Waals surface area contributed by atoms with Crippen LogP contribution in [0, 0.1) is 0 Å². The molecule has 34 heavy (non-hydrogen) atoms. The fourth-order valence-corrected chi connectivity index (χ4v) is 5.55. The second kappa shape index (κ2) is 9.21. The van der Waals surface area contributed by atoms with E-state index in [9.17, 15) is 0 Å². The number of ether oxygens (including phenoxy) is 1. The Morgan fingerprint density at radius 3 is 2.41 bits per heavy atom. The fraction of sp³-hybridized carbons (Fsp3) is 0.333. The molecule has 174 valence electrons. The van der Waals surface area contributed by atoms with Crippen LogP contribution >= 0.6 is 23.2 Å². The summed E-state index contributed by atoms with van der Waals surface area (Å²) in [5.41, 5.74) is 4.25. The van der Waals surface area contributed by atoms with Crippen molar-refractivity contribution in [3.05, 3.63) is 70.8 Å². The van der Waals surface area contributed by atoms with Gasteiger partial charge in [-0.2, -0.15) is 9.61 Å². The normalized spacial score (nSPS) is 17.7. The summed E-state index contributed by atoms with van der Waals surface area (Å²) in [6.45, 7) is 1.94. The Morgan fingerprint density at radius 1 is 0.882 bits per heavy atom. The van der Waals surface area contributed by atoms with Crippen molar-refractivity contribution in [1.82, 2.24) is 19.5 Å². The minimum absolute atomic E-state index is 0.166. The average Bonchev–Trinajstić information content (AvgIpc) is 3.22. The third kappa shape index (κ3) is 4.06. The Morgan fingerprint density at radius 2 is 1.65 bits per heavy atom. The minimum Gasteiger partial charge on any atom is -0.471 e. The second-order valence-electron chi connectivity index (χ2n) is 9.21. The Hall–Kier alpha value is -2.60. The molecule has 0 spiro atoms. The summed E-state index contributed by atoms with van der Waals surface area (Å²) < 4.78 is 8.25. The van der Waals surface area contributed by atoms with Gasteiger partial charge < -0.3 is 4.74 Å². The molecule has 0 N–H and O–H groups in total. The van der Waals surface area contributed by atoms with E-state index in [1.54, 1.807) is 6.20 Å². The Balaban J connectivity index is 1.37. The van der Waals surface area contributed by atoms with E-state index in [0.29, 0.717) is 15.9 Å². The van der Waals surface area contributed by atoms with E-state index >= 15 is 0 Å². The van der Waals surface area contributed by atoms with Crippen LogP contribution in [0.5, 0.6) is 5.88 Å². The van der Waals surface area contributed by atoms with Gasteiger partial charge in [0.2, 0.25) is 5.88 Å². The van der Waals surface area contributed by atoms with Crippen LogP contribution in [-0.4, -0.2) is 44.7 Å². The van der Waals surface area contributed by atoms with Crippen LogP contribution in [0.2, 0.25) is 10.0 Å². The predicted octanol–water partition coefficient (Wildman–Crippen LogP) is 6.77. The number of aromatic nitrogens is 3. The van der Waals surface area contributed by atoms with E-state index in [1.807, 2.05) is 59.1 Å². The topological polar surface area (TPSA) is 42.7 Å². The monoisotopic (exact) mass is 492 g/mol. The number of fused-ring (bicyclic) bond motifs is 1. The van der Waals surface area contributed by atoms with Crippen LogP contribution in [0.15, 0.2) is 60.8 Å². The summed E-state index contributed by atoms with van der Waals surface area (Å²) in [7, 11) is 0. The van der Waals surface area contributed by atoms with E-state index in [-0.39, 0.29) is 6.10 Å². The number of hydrogen-bond donors (Lipinski definition) is 0. The highest BCUT2D eigenvalue weighted by molar-refractivity contribution is 6.33. The molecule has 1 aliphatic heterocycles. The molecule has 1 saturated heterocycles. The van der Waals surface area contributed by atoms with Crippen LogP contribution in [0.25, 0.3) is 28.0 Å². The van der Waals surface area contributed by atoms with Crippen molar-refractivity contribution in [2.75, 3.05) is 13.1 Å². The molecule has 4 aromatic rings. The van der Waals surface area contributed by atoms with Crippen LogP contribution in [0.4, 0.5) is 0 Å². The molecule has 0 atom stereocenters. The van der Waals surface area contributed by atoms with Crippen LogP contribution in [0.3, 0.4) is 0 Å². The van der Waals surface area contributed by atoms with Gasteiger partial charge in [0.25, 0.3) is 0 Å². The molecule has 1 saturated carbocycles. The van der Waals surface area contributed by atoms with Crippen LogP contribution in [-0.2, 0) is 0 Å². The zero-order chi connectivity index (χ0) is 23.1. The summed E-state index contributed by atoms with van der Waals surface area (Å²) >= 11 is 12.8. The number of halogens is 2. The van der Waals surface area contributed by atoms with Crippen molar-refractivity contribution in [1.29, 1.82) is 0 Å². The lowest BCUT2D eigenvalue weighted by Crippen LogP contribution is -2.58. The first kappa shape index (κ1) is 21.9. The molecular formula is C27H26Cl2N4O. The summed E-state index contributed by atoms with van der Waals surface area (Å²) in [6, 6.07) is 18.1. The highest BCUT2D eigenvalue weighted by Crippen LogP contribution is 2.39. The maximum absolute atomic E-state index is 6.59. The van der Waals surface area contributed by atoms with Crippen molar-refractivity contribution < 1.29 is 4.74 Å². The molecule has 5 nitrogen and oxygen atoms in total. The van der Waals surface area contributed by atoms with E-state index in [0.717, 1.165) is 47.2 Å². The van der Waals surface area contributed by atoms with Crippen LogP contribution in [0.1, 0.15) is 32.1 Å². The van der Waals surface area contributed by atoms with Gasteiger partial charge in [-0.3, -0.25) is 4.90 Å². The van der Waals surface area contributed by atoms with E-state index in [4.69, 9.17) is 33.0 Å². The van der Waals surface area contributed by atoms with Crippen molar-refractivity contribution in [3.8, 4) is 28.3 Å². The van der Waals surface area contributed by atoms with E-state index in [2.05, 4.69) is 9.88 Å². The van der Waals surface area contributed by atoms with Crippen molar-refractivity contribution in [2.24, 2.45) is 0 Å². The number of rotatable bonds is 5. The van der Waals surface area contributed by atoms with Gasteiger partial charge in [0.05, 0.1) is 10.6 Å². The number of likely N-dealkylation sites (tertiary alicyclic amines) is 1. The molecule has 0 bridgehead atoms. The van der Waals surface area contributed by atoms with Gasteiger partial charge in [0, 0.05) is 42.0 Å². The van der Waals surface area contributed by atoms with Crippen LogP contribution < -0.4 is 4.74 Å². The zero-order valence-electron chi connectivity index (χ0n) is 18.8. The van der Waals surface area contributed by atoms with Gasteiger partial charge in [-0.25, -0.2) is 4.98 Å². The second-order valence-corrected chi connectivity index (χ2v) is 10.1. The third-order valence-corrected chi connectivity index (χ3v) is 7.58. The lowest BCUT2D eigenvalue weighted by molar-refractivity contribution is -0.0217. The molecule has 6 rings (SSSR count). The lowest BCUT2D eigenvalue weighted by atomic mass is 9.92. The van der Waals surface area contributed by atoms with Crippen molar-refractivity contribution >= 4 is 28.8 Å². The molecule has 2 aromatic heterocycles. The standard InChI is InChI=1S/C27H26Cl2N4O/c28-19-12-10-18(11-13-19)25-26(22-8-4-5-9-23(22)29)31-33-24(14-15-30-27(25)33)34-21-16-32(17-21)20-6-2-1-3-7-20/h4-5,8-15,20-21H,1-3,6-7,16-17H2. The Labute approximate surface area is 209 Å². The minimum atomic E-state index is 0.166. The number of benzene rings is 2. The van der Waals surface area contributed by atoms with E-state index in [1.165, 1.54) is 32.1 Å². The Bertz CT molecular complexity index is 1310. The van der Waals surface area contributed by atoms with Gasteiger partial charge in [-0.1, -0.05) is 72.8 Å². The molecule has 1 aliphatic carbocycles. The van der Waals surface area contributed by atoms with Gasteiger partial charge in [-0.15, -0.1) is 0 Å². The fourth-order valence-electron chi connectivity index (χ4n) is 5.20. The highest BCUT2D eigenvalue weighted by atomic mass is 35.5. The largest absolute Gasteiger partial charge is 0.471 e. The molecule has 2 fully saturated rings. The first-order valence-corrected chi connectivity index (χ1v) is 12.7. The van der Waals surface area contributed by atoms with Gasteiger partial charge in [0.15, 0.2) is 5.65 Å². The zero-order valence-corrected chi connectivity index (χ0v) is 20.3. The lowest BCUT2D eigenvalue weighted by Gasteiger charge is -2.45. The third-order valence-electron chi connectivity index (χ3n) is 7.00.